The SMILES string of the molecule is CCN(CC)S(=O)(=O)c1ccc(C(=O)NC2CC2)cc1. The topological polar surface area (TPSA) is 66.5 Å². The monoisotopic (exact) mass is 296 g/mol. The number of amides is 1. The average Bonchev–Trinajstić information content (AvgIpc) is 3.24. The molecule has 0 saturated heterocycles. The second-order valence-electron chi connectivity index (χ2n) is 4.86. The van der Waals surface area contributed by atoms with E-state index in [9.17, 15) is 13.2 Å². The van der Waals surface area contributed by atoms with Gasteiger partial charge in [-0.25, -0.2) is 8.42 Å². The second-order valence-corrected chi connectivity index (χ2v) is 6.80. The van der Waals surface area contributed by atoms with Crippen LogP contribution in [0.15, 0.2) is 29.2 Å². The Balaban J connectivity index is 2.16. The summed E-state index contributed by atoms with van der Waals surface area (Å²) in [6, 6.07) is 6.41. The summed E-state index contributed by atoms with van der Waals surface area (Å²) in [5, 5.41) is 2.87. The van der Waals surface area contributed by atoms with Crippen LogP contribution in [-0.4, -0.2) is 37.8 Å². The molecule has 0 heterocycles. The van der Waals surface area contributed by atoms with Gasteiger partial charge in [0.2, 0.25) is 10.0 Å². The van der Waals surface area contributed by atoms with Crippen LogP contribution in [0.3, 0.4) is 0 Å². The van der Waals surface area contributed by atoms with E-state index in [4.69, 9.17) is 0 Å². The van der Waals surface area contributed by atoms with Gasteiger partial charge in [-0.05, 0) is 37.1 Å². The molecule has 1 saturated carbocycles. The minimum atomic E-state index is -3.45. The average molecular weight is 296 g/mol. The molecule has 1 aliphatic carbocycles. The summed E-state index contributed by atoms with van der Waals surface area (Å²) in [4.78, 5) is 12.1. The third-order valence-electron chi connectivity index (χ3n) is 3.37. The van der Waals surface area contributed by atoms with Crippen molar-refractivity contribution in [2.75, 3.05) is 13.1 Å². The molecule has 1 N–H and O–H groups in total. The highest BCUT2D eigenvalue weighted by atomic mass is 32.2. The number of benzene rings is 1. The van der Waals surface area contributed by atoms with Gasteiger partial charge in [-0.15, -0.1) is 0 Å². The summed E-state index contributed by atoms with van der Waals surface area (Å²) >= 11 is 0. The van der Waals surface area contributed by atoms with Crippen molar-refractivity contribution >= 4 is 15.9 Å². The molecule has 6 heteroatoms. The standard InChI is InChI=1S/C14H20N2O3S/c1-3-16(4-2)20(18,19)13-9-5-11(6-10-13)14(17)15-12-7-8-12/h5-6,9-10,12H,3-4,7-8H2,1-2H3,(H,15,17). The predicted octanol–water partition coefficient (Wildman–Crippen LogP) is 1.61. The van der Waals surface area contributed by atoms with Gasteiger partial charge in [0.25, 0.3) is 5.91 Å². The third kappa shape index (κ3) is 3.19. The smallest absolute Gasteiger partial charge is 0.251 e. The van der Waals surface area contributed by atoms with Gasteiger partial charge in [-0.3, -0.25) is 4.79 Å². The largest absolute Gasteiger partial charge is 0.349 e. The Morgan fingerprint density at radius 3 is 2.20 bits per heavy atom. The Kier molecular flexibility index (Phi) is 4.45. The van der Waals surface area contributed by atoms with E-state index < -0.39 is 10.0 Å². The maximum atomic E-state index is 12.3. The maximum absolute atomic E-state index is 12.3. The lowest BCUT2D eigenvalue weighted by atomic mass is 10.2. The van der Waals surface area contributed by atoms with Crippen LogP contribution in [-0.2, 0) is 10.0 Å². The zero-order valence-electron chi connectivity index (χ0n) is 11.8. The maximum Gasteiger partial charge on any atom is 0.251 e. The van der Waals surface area contributed by atoms with Crippen molar-refractivity contribution in [3.8, 4) is 0 Å². The van der Waals surface area contributed by atoms with Crippen LogP contribution in [0.2, 0.25) is 0 Å². The molecular formula is C14H20N2O3S. The van der Waals surface area contributed by atoms with E-state index in [0.29, 0.717) is 24.7 Å². The van der Waals surface area contributed by atoms with E-state index in [1.165, 1.54) is 16.4 Å². The molecule has 1 amide bonds. The van der Waals surface area contributed by atoms with Crippen LogP contribution in [0.1, 0.15) is 37.0 Å². The van der Waals surface area contributed by atoms with Crippen molar-refractivity contribution in [2.45, 2.75) is 37.6 Å². The van der Waals surface area contributed by atoms with Gasteiger partial charge in [0.1, 0.15) is 0 Å². The van der Waals surface area contributed by atoms with Gasteiger partial charge in [-0.2, -0.15) is 4.31 Å². The molecule has 0 aromatic heterocycles. The molecule has 1 aromatic rings. The molecule has 2 rings (SSSR count). The number of nitrogens with one attached hydrogen (secondary N) is 1. The summed E-state index contributed by atoms with van der Waals surface area (Å²) in [7, 11) is -3.45. The highest BCUT2D eigenvalue weighted by molar-refractivity contribution is 7.89. The summed E-state index contributed by atoms with van der Waals surface area (Å²) < 4.78 is 26.0. The van der Waals surface area contributed by atoms with Crippen LogP contribution in [0.5, 0.6) is 0 Å². The third-order valence-corrected chi connectivity index (χ3v) is 5.44. The molecule has 0 unspecified atom stereocenters. The zero-order valence-corrected chi connectivity index (χ0v) is 12.6. The fraction of sp³-hybridized carbons (Fsp3) is 0.500. The summed E-state index contributed by atoms with van der Waals surface area (Å²) in [5.41, 5.74) is 0.496. The number of carbonyl (C=O) groups is 1. The molecule has 1 aliphatic rings. The van der Waals surface area contributed by atoms with E-state index in [-0.39, 0.29) is 10.8 Å². The Labute approximate surface area is 120 Å². The van der Waals surface area contributed by atoms with Gasteiger partial charge in [0.15, 0.2) is 0 Å². The molecule has 1 fully saturated rings. The number of carbonyl (C=O) groups excluding carboxylic acids is 1. The summed E-state index contributed by atoms with van der Waals surface area (Å²) in [6.07, 6.45) is 2.06. The van der Waals surface area contributed by atoms with Crippen molar-refractivity contribution in [1.82, 2.24) is 9.62 Å². The molecule has 110 valence electrons. The normalized spacial score (nSPS) is 15.3. The minimum Gasteiger partial charge on any atom is -0.349 e. The zero-order chi connectivity index (χ0) is 14.8. The first-order chi connectivity index (χ1) is 9.48. The first-order valence-corrected chi connectivity index (χ1v) is 8.34. The van der Waals surface area contributed by atoms with Gasteiger partial charge >= 0.3 is 0 Å². The van der Waals surface area contributed by atoms with E-state index in [2.05, 4.69) is 5.32 Å². The number of nitrogens with zero attached hydrogens (tertiary/aromatic N) is 1. The Hall–Kier alpha value is -1.40. The molecule has 20 heavy (non-hydrogen) atoms. The highest BCUT2D eigenvalue weighted by Crippen LogP contribution is 2.20. The van der Waals surface area contributed by atoms with E-state index in [1.54, 1.807) is 26.0 Å². The molecule has 0 atom stereocenters. The molecular weight excluding hydrogens is 276 g/mol. The molecule has 5 nitrogen and oxygen atoms in total. The molecule has 1 aromatic carbocycles. The van der Waals surface area contributed by atoms with Crippen molar-refractivity contribution in [3.63, 3.8) is 0 Å². The van der Waals surface area contributed by atoms with Crippen LogP contribution in [0, 0.1) is 0 Å². The first-order valence-electron chi connectivity index (χ1n) is 6.90. The minimum absolute atomic E-state index is 0.140. The highest BCUT2D eigenvalue weighted by Gasteiger charge is 2.25. The molecule has 0 bridgehead atoms. The van der Waals surface area contributed by atoms with Gasteiger partial charge in [-0.1, -0.05) is 13.8 Å². The molecule has 0 aliphatic heterocycles. The number of hydrogen-bond donors (Lipinski definition) is 1. The lowest BCUT2D eigenvalue weighted by Crippen LogP contribution is -2.30. The van der Waals surface area contributed by atoms with Crippen molar-refractivity contribution in [3.05, 3.63) is 29.8 Å². The van der Waals surface area contributed by atoms with Gasteiger partial charge < -0.3 is 5.32 Å². The molecule has 0 spiro atoms. The Bertz CT molecular complexity index is 573. The lowest BCUT2D eigenvalue weighted by Gasteiger charge is -2.18. The van der Waals surface area contributed by atoms with Gasteiger partial charge in [0, 0.05) is 24.7 Å². The fourth-order valence-electron chi connectivity index (χ4n) is 1.99. The summed E-state index contributed by atoms with van der Waals surface area (Å²) in [6.45, 7) is 4.47. The Morgan fingerprint density at radius 2 is 1.75 bits per heavy atom. The van der Waals surface area contributed by atoms with Gasteiger partial charge in [0.05, 0.1) is 4.90 Å². The van der Waals surface area contributed by atoms with Crippen LogP contribution in [0.4, 0.5) is 0 Å². The quantitative estimate of drug-likeness (QED) is 0.867. The van der Waals surface area contributed by atoms with E-state index in [0.717, 1.165) is 12.8 Å². The van der Waals surface area contributed by atoms with Crippen molar-refractivity contribution < 1.29 is 13.2 Å². The van der Waals surface area contributed by atoms with E-state index >= 15 is 0 Å². The molecule has 0 radical (unpaired) electrons. The number of rotatable bonds is 6. The van der Waals surface area contributed by atoms with Crippen molar-refractivity contribution in [2.24, 2.45) is 0 Å². The summed E-state index contributed by atoms with van der Waals surface area (Å²) in [5.74, 6) is -0.140. The number of hydrogen-bond acceptors (Lipinski definition) is 3. The van der Waals surface area contributed by atoms with Crippen molar-refractivity contribution in [1.29, 1.82) is 0 Å². The van der Waals surface area contributed by atoms with Crippen LogP contribution in [0.25, 0.3) is 0 Å². The first kappa shape index (κ1) is 15.0. The second kappa shape index (κ2) is 5.93. The van der Waals surface area contributed by atoms with E-state index in [1.807, 2.05) is 0 Å². The van der Waals surface area contributed by atoms with Crippen LogP contribution >= 0.6 is 0 Å². The fourth-order valence-corrected chi connectivity index (χ4v) is 3.45. The van der Waals surface area contributed by atoms with Crippen LogP contribution < -0.4 is 5.32 Å². The predicted molar refractivity (Wildman–Crippen MR) is 77.0 cm³/mol. The Morgan fingerprint density at radius 1 is 1.20 bits per heavy atom. The lowest BCUT2D eigenvalue weighted by molar-refractivity contribution is 0.0951. The number of sulfonamides is 1.